The number of carbonyl (C=O) groups is 1. The number of Topliss-reactive ketones (excluding diaryl/α,β-unsaturated/α-hetero) is 1. The maximum Gasteiger partial charge on any atom is 0.150 e. The number of carbonyl (C=O) groups excluding carboxylic acids is 1. The zero-order valence-corrected chi connectivity index (χ0v) is 10.3. The Hall–Kier alpha value is -0.380. The molecule has 0 aliphatic rings. The average molecular weight is 220 g/mol. The fourth-order valence-corrected chi connectivity index (χ4v) is 1.84. The molecule has 0 heterocycles. The van der Waals surface area contributed by atoms with Crippen molar-refractivity contribution in [2.45, 2.75) is 40.5 Å². The van der Waals surface area contributed by atoms with Crippen LogP contribution in [0.25, 0.3) is 0 Å². The molecule has 0 atom stereocenters. The number of ketones is 1. The lowest BCUT2D eigenvalue weighted by Crippen LogP contribution is -2.21. The van der Waals surface area contributed by atoms with Crippen molar-refractivity contribution >= 4 is 15.6 Å². The summed E-state index contributed by atoms with van der Waals surface area (Å²) in [6.07, 6.45) is 0.814. The molecule has 0 aromatic carbocycles. The Bertz CT molecular complexity index is 283. The fourth-order valence-electron chi connectivity index (χ4n) is 0.972. The summed E-state index contributed by atoms with van der Waals surface area (Å²) >= 11 is 0. The van der Waals surface area contributed by atoms with E-state index in [0.29, 0.717) is 12.8 Å². The molecule has 84 valence electrons. The third kappa shape index (κ3) is 5.37. The first kappa shape index (κ1) is 13.6. The van der Waals surface area contributed by atoms with E-state index in [1.807, 2.05) is 20.8 Å². The van der Waals surface area contributed by atoms with Gasteiger partial charge in [-0.2, -0.15) is 0 Å². The molecular formula is C10H20O3S. The van der Waals surface area contributed by atoms with Crippen LogP contribution in [-0.4, -0.2) is 25.7 Å². The highest BCUT2D eigenvalue weighted by atomic mass is 32.2. The van der Waals surface area contributed by atoms with Gasteiger partial charge >= 0.3 is 0 Å². The first-order valence-electron chi connectivity index (χ1n) is 4.93. The van der Waals surface area contributed by atoms with Crippen molar-refractivity contribution in [2.75, 3.05) is 11.5 Å². The van der Waals surface area contributed by atoms with E-state index in [1.165, 1.54) is 0 Å². The van der Waals surface area contributed by atoms with Crippen LogP contribution in [0.1, 0.15) is 40.5 Å². The van der Waals surface area contributed by atoms with E-state index in [0.717, 1.165) is 0 Å². The first-order valence-corrected chi connectivity index (χ1v) is 6.75. The summed E-state index contributed by atoms with van der Waals surface area (Å²) in [6, 6.07) is 0. The van der Waals surface area contributed by atoms with E-state index in [-0.39, 0.29) is 22.7 Å². The van der Waals surface area contributed by atoms with Crippen LogP contribution in [0.15, 0.2) is 0 Å². The summed E-state index contributed by atoms with van der Waals surface area (Å²) in [4.78, 5) is 11.4. The molecule has 0 aliphatic heterocycles. The van der Waals surface area contributed by atoms with Crippen molar-refractivity contribution in [3.8, 4) is 0 Å². The van der Waals surface area contributed by atoms with Crippen LogP contribution >= 0.6 is 0 Å². The van der Waals surface area contributed by atoms with E-state index in [1.54, 1.807) is 6.92 Å². The van der Waals surface area contributed by atoms with Crippen LogP contribution in [0.3, 0.4) is 0 Å². The van der Waals surface area contributed by atoms with Gasteiger partial charge in [-0.15, -0.1) is 0 Å². The van der Waals surface area contributed by atoms with Crippen molar-refractivity contribution in [1.29, 1.82) is 0 Å². The Morgan fingerprint density at radius 2 is 1.71 bits per heavy atom. The molecule has 0 aromatic heterocycles. The van der Waals surface area contributed by atoms with Crippen LogP contribution in [0, 0.1) is 5.41 Å². The monoisotopic (exact) mass is 220 g/mol. The third-order valence-corrected chi connectivity index (χ3v) is 3.93. The number of hydrogen-bond donors (Lipinski definition) is 0. The van der Waals surface area contributed by atoms with Crippen molar-refractivity contribution in [2.24, 2.45) is 5.41 Å². The second kappa shape index (κ2) is 4.91. The molecule has 0 aliphatic carbocycles. The fraction of sp³-hybridized carbons (Fsp3) is 0.900. The highest BCUT2D eigenvalue weighted by Gasteiger charge is 2.21. The molecule has 0 unspecified atom stereocenters. The Morgan fingerprint density at radius 1 is 1.21 bits per heavy atom. The number of sulfone groups is 1. The molecule has 0 aromatic rings. The molecule has 0 bridgehead atoms. The van der Waals surface area contributed by atoms with Gasteiger partial charge in [0.15, 0.2) is 0 Å². The maximum absolute atomic E-state index is 11.4. The van der Waals surface area contributed by atoms with Crippen LogP contribution < -0.4 is 0 Å². The lowest BCUT2D eigenvalue weighted by molar-refractivity contribution is -0.126. The Balaban J connectivity index is 3.94. The van der Waals surface area contributed by atoms with Gasteiger partial charge in [0.25, 0.3) is 0 Å². The van der Waals surface area contributed by atoms with Crippen LogP contribution in [-0.2, 0) is 14.6 Å². The second-order valence-electron chi connectivity index (χ2n) is 4.51. The minimum absolute atomic E-state index is 0.129. The average Bonchev–Trinajstić information content (AvgIpc) is 2.02. The van der Waals surface area contributed by atoms with E-state index in [9.17, 15) is 13.2 Å². The zero-order chi connectivity index (χ0) is 11.4. The summed E-state index contributed by atoms with van der Waals surface area (Å²) in [6.45, 7) is 7.18. The van der Waals surface area contributed by atoms with Gasteiger partial charge in [0.2, 0.25) is 0 Å². The van der Waals surface area contributed by atoms with Gasteiger partial charge in [-0.25, -0.2) is 8.42 Å². The standard InChI is InChI=1S/C10H20O3S/c1-5-14(12,13)8-6-7-9(11)10(2,3)4/h5-8H2,1-4H3. The SMILES string of the molecule is CCS(=O)(=O)CCCC(=O)C(C)(C)C. The van der Waals surface area contributed by atoms with Crippen LogP contribution in [0.2, 0.25) is 0 Å². The van der Waals surface area contributed by atoms with Crippen molar-refractivity contribution in [1.82, 2.24) is 0 Å². The van der Waals surface area contributed by atoms with E-state index in [4.69, 9.17) is 0 Å². The van der Waals surface area contributed by atoms with Crippen molar-refractivity contribution in [3.05, 3.63) is 0 Å². The predicted molar refractivity (Wildman–Crippen MR) is 58.0 cm³/mol. The normalized spacial score (nSPS) is 12.9. The predicted octanol–water partition coefficient (Wildman–Crippen LogP) is 1.82. The Kier molecular flexibility index (Phi) is 4.78. The van der Waals surface area contributed by atoms with Gasteiger partial charge in [0, 0.05) is 17.6 Å². The highest BCUT2D eigenvalue weighted by Crippen LogP contribution is 2.17. The molecule has 3 nitrogen and oxygen atoms in total. The molecule has 4 heteroatoms. The highest BCUT2D eigenvalue weighted by molar-refractivity contribution is 7.91. The lowest BCUT2D eigenvalue weighted by Gasteiger charge is -2.15. The largest absolute Gasteiger partial charge is 0.299 e. The van der Waals surface area contributed by atoms with Gasteiger partial charge in [0.1, 0.15) is 15.6 Å². The molecule has 0 radical (unpaired) electrons. The van der Waals surface area contributed by atoms with Crippen molar-refractivity contribution < 1.29 is 13.2 Å². The summed E-state index contributed by atoms with van der Waals surface area (Å²) in [5.41, 5.74) is -0.351. The molecule has 0 saturated heterocycles. The summed E-state index contributed by atoms with van der Waals surface area (Å²) in [7, 11) is -2.91. The molecule has 0 spiro atoms. The summed E-state index contributed by atoms with van der Waals surface area (Å²) < 4.78 is 22.2. The minimum atomic E-state index is -2.91. The third-order valence-electron chi connectivity index (χ3n) is 2.14. The van der Waals surface area contributed by atoms with Gasteiger partial charge in [0.05, 0.1) is 5.75 Å². The second-order valence-corrected chi connectivity index (χ2v) is 6.99. The first-order chi connectivity index (χ1) is 6.19. The van der Waals surface area contributed by atoms with E-state index >= 15 is 0 Å². The topological polar surface area (TPSA) is 51.2 Å². The molecular weight excluding hydrogens is 200 g/mol. The molecule has 0 saturated carbocycles. The molecule has 0 fully saturated rings. The van der Waals surface area contributed by atoms with Gasteiger partial charge in [-0.05, 0) is 6.42 Å². The molecule has 0 N–H and O–H groups in total. The minimum Gasteiger partial charge on any atom is -0.299 e. The van der Waals surface area contributed by atoms with E-state index in [2.05, 4.69) is 0 Å². The van der Waals surface area contributed by atoms with Gasteiger partial charge in [-0.3, -0.25) is 4.79 Å². The number of rotatable bonds is 5. The smallest absolute Gasteiger partial charge is 0.150 e. The molecule has 14 heavy (non-hydrogen) atoms. The molecule has 0 amide bonds. The van der Waals surface area contributed by atoms with Crippen molar-refractivity contribution in [3.63, 3.8) is 0 Å². The summed E-state index contributed by atoms with van der Waals surface area (Å²) in [5, 5.41) is 0. The Labute approximate surface area is 86.8 Å². The lowest BCUT2D eigenvalue weighted by atomic mass is 9.88. The van der Waals surface area contributed by atoms with Gasteiger partial charge in [-0.1, -0.05) is 27.7 Å². The van der Waals surface area contributed by atoms with E-state index < -0.39 is 9.84 Å². The molecule has 0 rings (SSSR count). The maximum atomic E-state index is 11.4. The Morgan fingerprint density at radius 3 is 2.07 bits per heavy atom. The van der Waals surface area contributed by atoms with Gasteiger partial charge < -0.3 is 0 Å². The van der Waals surface area contributed by atoms with Crippen LogP contribution in [0.4, 0.5) is 0 Å². The number of hydrogen-bond acceptors (Lipinski definition) is 3. The summed E-state index contributed by atoms with van der Waals surface area (Å²) in [5.74, 6) is 0.422. The zero-order valence-electron chi connectivity index (χ0n) is 9.46. The van der Waals surface area contributed by atoms with Crippen LogP contribution in [0.5, 0.6) is 0 Å². The quantitative estimate of drug-likeness (QED) is 0.710.